The van der Waals surface area contributed by atoms with E-state index in [1.807, 2.05) is 25.1 Å². The molecule has 1 fully saturated rings. The molecule has 0 aliphatic heterocycles. The Hall–Kier alpha value is -1.35. The number of carbonyl (C=O) groups is 1. The van der Waals surface area contributed by atoms with Gasteiger partial charge in [0.1, 0.15) is 0 Å². The van der Waals surface area contributed by atoms with Gasteiger partial charge in [-0.1, -0.05) is 18.9 Å². The van der Waals surface area contributed by atoms with Crippen LogP contribution in [0.3, 0.4) is 0 Å². The Kier molecular flexibility index (Phi) is 4.59. The van der Waals surface area contributed by atoms with Crippen molar-refractivity contribution in [2.45, 2.75) is 52.1 Å². The minimum atomic E-state index is -0.359. The highest BCUT2D eigenvalue weighted by atomic mass is 16.1. The molecule has 1 aliphatic rings. The predicted octanol–water partition coefficient (Wildman–Crippen LogP) is 2.76. The van der Waals surface area contributed by atoms with Crippen molar-refractivity contribution in [3.05, 3.63) is 34.9 Å². The molecule has 1 saturated carbocycles. The maximum absolute atomic E-state index is 11.1. The average Bonchev–Trinajstić information content (AvgIpc) is 2.90. The largest absolute Gasteiger partial charge is 0.366 e. The van der Waals surface area contributed by atoms with Gasteiger partial charge in [0.05, 0.1) is 0 Å². The lowest BCUT2D eigenvalue weighted by atomic mass is 9.99. The van der Waals surface area contributed by atoms with Crippen molar-refractivity contribution < 1.29 is 4.79 Å². The summed E-state index contributed by atoms with van der Waals surface area (Å²) in [5.41, 5.74) is 8.24. The topological polar surface area (TPSA) is 55.1 Å². The normalized spacial score (nSPS) is 17.6. The van der Waals surface area contributed by atoms with Crippen molar-refractivity contribution in [3.63, 3.8) is 0 Å². The molecule has 0 saturated heterocycles. The second-order valence-corrected chi connectivity index (χ2v) is 5.72. The van der Waals surface area contributed by atoms with Crippen molar-refractivity contribution in [1.82, 2.24) is 5.32 Å². The summed E-state index contributed by atoms with van der Waals surface area (Å²) in [6.07, 6.45) is 5.47. The fraction of sp³-hybridized carbons (Fsp3) is 0.562. The van der Waals surface area contributed by atoms with E-state index in [1.165, 1.54) is 31.2 Å². The molecule has 1 aromatic carbocycles. The second-order valence-electron chi connectivity index (χ2n) is 5.72. The SMILES string of the molecule is Cc1cc(C(N)=O)ccc1CNC(C)C1CCCC1. The van der Waals surface area contributed by atoms with Gasteiger partial charge in [-0.3, -0.25) is 4.79 Å². The van der Waals surface area contributed by atoms with Crippen molar-refractivity contribution in [2.24, 2.45) is 11.7 Å². The monoisotopic (exact) mass is 260 g/mol. The maximum Gasteiger partial charge on any atom is 0.248 e. The zero-order valence-electron chi connectivity index (χ0n) is 11.9. The Balaban J connectivity index is 1.93. The summed E-state index contributed by atoms with van der Waals surface area (Å²) >= 11 is 0. The van der Waals surface area contributed by atoms with Crippen LogP contribution in [0.5, 0.6) is 0 Å². The van der Waals surface area contributed by atoms with Crippen LogP contribution in [0, 0.1) is 12.8 Å². The molecule has 1 aromatic rings. The number of amides is 1. The number of benzene rings is 1. The highest BCUT2D eigenvalue weighted by Gasteiger charge is 2.20. The molecular weight excluding hydrogens is 236 g/mol. The van der Waals surface area contributed by atoms with Gasteiger partial charge in [0, 0.05) is 18.2 Å². The molecule has 1 aliphatic carbocycles. The van der Waals surface area contributed by atoms with Crippen LogP contribution in [-0.4, -0.2) is 11.9 Å². The van der Waals surface area contributed by atoms with Crippen LogP contribution < -0.4 is 11.1 Å². The van der Waals surface area contributed by atoms with Gasteiger partial charge in [0.15, 0.2) is 0 Å². The number of hydrogen-bond donors (Lipinski definition) is 2. The lowest BCUT2D eigenvalue weighted by Crippen LogP contribution is -2.32. The van der Waals surface area contributed by atoms with E-state index in [2.05, 4.69) is 12.2 Å². The minimum absolute atomic E-state index is 0.359. The van der Waals surface area contributed by atoms with Gasteiger partial charge in [-0.25, -0.2) is 0 Å². The third-order valence-electron chi connectivity index (χ3n) is 4.35. The molecular formula is C16H24N2O. The van der Waals surface area contributed by atoms with Crippen LogP contribution in [0.4, 0.5) is 0 Å². The molecule has 19 heavy (non-hydrogen) atoms. The Morgan fingerprint density at radius 2 is 2.11 bits per heavy atom. The molecule has 1 unspecified atom stereocenters. The van der Waals surface area contributed by atoms with Crippen LogP contribution in [0.2, 0.25) is 0 Å². The lowest BCUT2D eigenvalue weighted by Gasteiger charge is -2.21. The van der Waals surface area contributed by atoms with E-state index < -0.39 is 0 Å². The molecule has 1 atom stereocenters. The lowest BCUT2D eigenvalue weighted by molar-refractivity contribution is 0.1000. The quantitative estimate of drug-likeness (QED) is 0.855. The third-order valence-corrected chi connectivity index (χ3v) is 4.35. The number of primary amides is 1. The zero-order chi connectivity index (χ0) is 13.8. The highest BCUT2D eigenvalue weighted by molar-refractivity contribution is 5.93. The van der Waals surface area contributed by atoms with Crippen molar-refractivity contribution in [1.29, 1.82) is 0 Å². The van der Waals surface area contributed by atoms with Gasteiger partial charge in [0.25, 0.3) is 0 Å². The summed E-state index contributed by atoms with van der Waals surface area (Å²) < 4.78 is 0. The average molecular weight is 260 g/mol. The molecule has 2 rings (SSSR count). The van der Waals surface area contributed by atoms with Crippen LogP contribution in [0.15, 0.2) is 18.2 Å². The first-order chi connectivity index (χ1) is 9.08. The number of hydrogen-bond acceptors (Lipinski definition) is 2. The molecule has 0 bridgehead atoms. The van der Waals surface area contributed by atoms with Gasteiger partial charge in [0.2, 0.25) is 5.91 Å². The van der Waals surface area contributed by atoms with Crippen LogP contribution >= 0.6 is 0 Å². The van der Waals surface area contributed by atoms with Gasteiger partial charge in [-0.2, -0.15) is 0 Å². The molecule has 0 radical (unpaired) electrons. The number of aryl methyl sites for hydroxylation is 1. The first-order valence-electron chi connectivity index (χ1n) is 7.20. The summed E-state index contributed by atoms with van der Waals surface area (Å²) in [4.78, 5) is 11.1. The summed E-state index contributed by atoms with van der Waals surface area (Å²) in [6, 6.07) is 6.26. The number of carbonyl (C=O) groups excluding carboxylic acids is 1. The fourth-order valence-electron chi connectivity index (χ4n) is 2.94. The van der Waals surface area contributed by atoms with E-state index in [4.69, 9.17) is 5.73 Å². The van der Waals surface area contributed by atoms with Gasteiger partial charge < -0.3 is 11.1 Å². The first kappa shape index (κ1) is 14.1. The van der Waals surface area contributed by atoms with Crippen LogP contribution in [-0.2, 0) is 6.54 Å². The minimum Gasteiger partial charge on any atom is -0.366 e. The first-order valence-corrected chi connectivity index (χ1v) is 7.20. The standard InChI is InChI=1S/C16H24N2O/c1-11-9-14(16(17)19)7-8-15(11)10-18-12(2)13-5-3-4-6-13/h7-9,12-13,18H,3-6,10H2,1-2H3,(H2,17,19). The van der Waals surface area contributed by atoms with Crippen LogP contribution in [0.25, 0.3) is 0 Å². The van der Waals surface area contributed by atoms with Gasteiger partial charge in [-0.15, -0.1) is 0 Å². The molecule has 0 spiro atoms. The fourth-order valence-corrected chi connectivity index (χ4v) is 2.94. The van der Waals surface area contributed by atoms with E-state index in [1.54, 1.807) is 0 Å². The van der Waals surface area contributed by atoms with E-state index in [9.17, 15) is 4.79 Å². The smallest absolute Gasteiger partial charge is 0.248 e. The Bertz CT molecular complexity index is 450. The van der Waals surface area contributed by atoms with E-state index in [0.29, 0.717) is 11.6 Å². The van der Waals surface area contributed by atoms with Crippen LogP contribution in [0.1, 0.15) is 54.1 Å². The molecule has 0 aromatic heterocycles. The molecule has 3 heteroatoms. The maximum atomic E-state index is 11.1. The van der Waals surface area contributed by atoms with E-state index >= 15 is 0 Å². The van der Waals surface area contributed by atoms with Crippen molar-refractivity contribution in [2.75, 3.05) is 0 Å². The Labute approximate surface area is 115 Å². The predicted molar refractivity (Wildman–Crippen MR) is 78.0 cm³/mol. The van der Waals surface area contributed by atoms with Crippen molar-refractivity contribution >= 4 is 5.91 Å². The summed E-state index contributed by atoms with van der Waals surface area (Å²) in [5, 5.41) is 3.61. The second kappa shape index (κ2) is 6.20. The summed E-state index contributed by atoms with van der Waals surface area (Å²) in [7, 11) is 0. The van der Waals surface area contributed by atoms with E-state index in [-0.39, 0.29) is 5.91 Å². The summed E-state index contributed by atoms with van der Waals surface area (Å²) in [6.45, 7) is 5.18. The molecule has 3 nitrogen and oxygen atoms in total. The summed E-state index contributed by atoms with van der Waals surface area (Å²) in [5.74, 6) is 0.465. The van der Waals surface area contributed by atoms with Gasteiger partial charge >= 0.3 is 0 Å². The number of nitrogens with one attached hydrogen (secondary N) is 1. The molecule has 3 N–H and O–H groups in total. The Morgan fingerprint density at radius 1 is 1.42 bits per heavy atom. The molecule has 104 valence electrons. The third kappa shape index (κ3) is 3.57. The van der Waals surface area contributed by atoms with Gasteiger partial charge in [-0.05, 0) is 55.9 Å². The highest BCUT2D eigenvalue weighted by Crippen LogP contribution is 2.27. The van der Waals surface area contributed by atoms with Crippen molar-refractivity contribution in [3.8, 4) is 0 Å². The Morgan fingerprint density at radius 3 is 2.68 bits per heavy atom. The molecule has 0 heterocycles. The zero-order valence-corrected chi connectivity index (χ0v) is 11.9. The number of nitrogens with two attached hydrogens (primary N) is 1. The number of rotatable bonds is 5. The van der Waals surface area contributed by atoms with E-state index in [0.717, 1.165) is 18.0 Å². The molecule has 1 amide bonds.